The molecule has 2 aromatic carbocycles. The van der Waals surface area contributed by atoms with Crippen molar-refractivity contribution in [1.29, 1.82) is 0 Å². The zero-order valence-corrected chi connectivity index (χ0v) is 17.5. The molecule has 29 heavy (non-hydrogen) atoms. The summed E-state index contributed by atoms with van der Waals surface area (Å²) >= 11 is 6.30. The maximum absolute atomic E-state index is 6.30. The van der Waals surface area contributed by atoms with Crippen LogP contribution in [0.15, 0.2) is 42.5 Å². The molecular weight excluding hydrogens is 382 g/mol. The first-order valence-electron chi connectivity index (χ1n) is 9.82. The number of aryl methyl sites for hydroxylation is 3. The van der Waals surface area contributed by atoms with Crippen LogP contribution in [0.3, 0.4) is 0 Å². The van der Waals surface area contributed by atoms with E-state index in [1.807, 2.05) is 19.9 Å². The highest BCUT2D eigenvalue weighted by atomic mass is 35.5. The van der Waals surface area contributed by atoms with E-state index < -0.39 is 0 Å². The molecular formula is C23H22ClN5. The summed E-state index contributed by atoms with van der Waals surface area (Å²) in [6.45, 7) is 6.77. The van der Waals surface area contributed by atoms with Crippen molar-refractivity contribution in [2.75, 3.05) is 11.4 Å². The Labute approximate surface area is 174 Å². The first kappa shape index (κ1) is 18.1. The molecule has 0 bridgehead atoms. The smallest absolute Gasteiger partial charge is 0.229 e. The van der Waals surface area contributed by atoms with Crippen molar-refractivity contribution >= 4 is 28.5 Å². The van der Waals surface area contributed by atoms with E-state index in [1.54, 1.807) is 0 Å². The van der Waals surface area contributed by atoms with Gasteiger partial charge in [0.25, 0.3) is 0 Å². The van der Waals surface area contributed by atoms with Gasteiger partial charge in [0.15, 0.2) is 0 Å². The van der Waals surface area contributed by atoms with Crippen molar-refractivity contribution < 1.29 is 0 Å². The van der Waals surface area contributed by atoms with E-state index in [2.05, 4.69) is 68.2 Å². The average molecular weight is 404 g/mol. The lowest BCUT2D eigenvalue weighted by atomic mass is 9.92. The van der Waals surface area contributed by atoms with Gasteiger partial charge in [-0.1, -0.05) is 41.4 Å². The summed E-state index contributed by atoms with van der Waals surface area (Å²) < 4.78 is 0. The summed E-state index contributed by atoms with van der Waals surface area (Å²) in [5, 5.41) is 1.96. The van der Waals surface area contributed by atoms with E-state index >= 15 is 0 Å². The highest BCUT2D eigenvalue weighted by Crippen LogP contribution is 2.40. The third-order valence-electron chi connectivity index (χ3n) is 5.59. The van der Waals surface area contributed by atoms with Gasteiger partial charge in [-0.05, 0) is 56.5 Å². The fourth-order valence-electron chi connectivity index (χ4n) is 4.30. The highest BCUT2D eigenvalue weighted by molar-refractivity contribution is 6.31. The van der Waals surface area contributed by atoms with Gasteiger partial charge in [-0.15, -0.1) is 0 Å². The molecule has 5 rings (SSSR count). The minimum Gasteiger partial charge on any atom is -0.356 e. The number of aromatic amines is 1. The Balaban J connectivity index is 1.72. The molecule has 1 aliphatic heterocycles. The second kappa shape index (κ2) is 6.85. The van der Waals surface area contributed by atoms with Gasteiger partial charge in [-0.3, -0.25) is 0 Å². The fourth-order valence-corrected chi connectivity index (χ4v) is 4.47. The van der Waals surface area contributed by atoms with Gasteiger partial charge >= 0.3 is 0 Å². The maximum Gasteiger partial charge on any atom is 0.229 e. The fraction of sp³-hybridized carbons (Fsp3) is 0.261. The Morgan fingerprint density at radius 3 is 2.41 bits per heavy atom. The third kappa shape index (κ3) is 3.15. The van der Waals surface area contributed by atoms with Crippen LogP contribution in [0, 0.1) is 20.8 Å². The lowest BCUT2D eigenvalue weighted by molar-refractivity contribution is 0.620. The predicted octanol–water partition coefficient (Wildman–Crippen LogP) is 5.08. The molecule has 3 heterocycles. The predicted molar refractivity (Wildman–Crippen MR) is 117 cm³/mol. The number of H-pyrrole nitrogens is 1. The van der Waals surface area contributed by atoms with Crippen LogP contribution in [0.5, 0.6) is 0 Å². The number of benzene rings is 2. The van der Waals surface area contributed by atoms with Gasteiger partial charge in [-0.25, -0.2) is 4.98 Å². The Bertz CT molecular complexity index is 1190. The molecule has 0 unspecified atom stereocenters. The monoisotopic (exact) mass is 403 g/mol. The summed E-state index contributed by atoms with van der Waals surface area (Å²) in [5.74, 6) is 2.21. The molecule has 2 aromatic heterocycles. The Kier molecular flexibility index (Phi) is 4.28. The van der Waals surface area contributed by atoms with Gasteiger partial charge < -0.3 is 9.88 Å². The van der Waals surface area contributed by atoms with Crippen LogP contribution < -0.4 is 4.90 Å². The molecule has 0 saturated heterocycles. The lowest BCUT2D eigenvalue weighted by Gasteiger charge is -2.36. The van der Waals surface area contributed by atoms with Gasteiger partial charge in [0.05, 0.1) is 6.04 Å². The van der Waals surface area contributed by atoms with Crippen molar-refractivity contribution in [2.24, 2.45) is 0 Å². The van der Waals surface area contributed by atoms with Gasteiger partial charge in [0.2, 0.25) is 5.95 Å². The lowest BCUT2D eigenvalue weighted by Crippen LogP contribution is -2.37. The van der Waals surface area contributed by atoms with E-state index in [0.717, 1.165) is 41.1 Å². The molecule has 0 radical (unpaired) electrons. The zero-order valence-electron chi connectivity index (χ0n) is 16.7. The summed E-state index contributed by atoms with van der Waals surface area (Å²) in [5.41, 5.74) is 6.08. The van der Waals surface area contributed by atoms with Crippen molar-refractivity contribution in [1.82, 2.24) is 19.9 Å². The summed E-state index contributed by atoms with van der Waals surface area (Å²) in [6, 6.07) is 14.8. The van der Waals surface area contributed by atoms with Gasteiger partial charge in [0.1, 0.15) is 11.6 Å². The van der Waals surface area contributed by atoms with Crippen LogP contribution in [0.1, 0.15) is 40.1 Å². The van der Waals surface area contributed by atoms with Crippen LogP contribution in [0.2, 0.25) is 5.02 Å². The van der Waals surface area contributed by atoms with E-state index in [4.69, 9.17) is 11.6 Å². The Morgan fingerprint density at radius 2 is 1.69 bits per heavy atom. The number of hydrogen-bond acceptors (Lipinski definition) is 4. The number of fused-ring (bicyclic) bond motifs is 3. The van der Waals surface area contributed by atoms with Crippen molar-refractivity contribution in [2.45, 2.75) is 33.2 Å². The third-order valence-corrected chi connectivity index (χ3v) is 5.82. The van der Waals surface area contributed by atoms with Crippen molar-refractivity contribution in [3.8, 4) is 0 Å². The minimum atomic E-state index is 0.00623. The van der Waals surface area contributed by atoms with Crippen molar-refractivity contribution in [3.63, 3.8) is 0 Å². The standard InChI is InChI=1S/C23H22ClN5/c1-13-4-6-16(7-5-13)22-21-18(19-12-17(24)8-9-20(19)28-21)10-11-29(22)23-26-14(2)25-15(3)27-23/h4-9,12,22,28H,10-11H2,1-3H3/t22-/m0/s1. The number of nitrogens with zero attached hydrogens (tertiary/aromatic N) is 4. The second-order valence-corrected chi connectivity index (χ2v) is 8.13. The molecule has 0 aliphatic carbocycles. The molecule has 146 valence electrons. The largest absolute Gasteiger partial charge is 0.356 e. The number of rotatable bonds is 2. The molecule has 0 saturated carbocycles. The number of hydrogen-bond donors (Lipinski definition) is 1. The SMILES string of the molecule is Cc1ccc([C@H]2c3[nH]c4ccc(Cl)cc4c3CCN2c2nc(C)nc(C)n2)cc1. The van der Waals surface area contributed by atoms with Crippen LogP contribution in [0.4, 0.5) is 5.95 Å². The molecule has 0 fully saturated rings. The Morgan fingerprint density at radius 1 is 0.966 bits per heavy atom. The zero-order chi connectivity index (χ0) is 20.1. The van der Waals surface area contributed by atoms with E-state index in [0.29, 0.717) is 0 Å². The molecule has 0 spiro atoms. The van der Waals surface area contributed by atoms with E-state index in [-0.39, 0.29) is 6.04 Å². The van der Waals surface area contributed by atoms with Crippen molar-refractivity contribution in [3.05, 3.63) is 81.5 Å². The molecule has 5 nitrogen and oxygen atoms in total. The summed E-state index contributed by atoms with van der Waals surface area (Å²) in [7, 11) is 0. The normalized spacial score (nSPS) is 16.3. The molecule has 1 atom stereocenters. The Hall–Kier alpha value is -2.92. The second-order valence-electron chi connectivity index (χ2n) is 7.69. The molecule has 1 N–H and O–H groups in total. The van der Waals surface area contributed by atoms with Gasteiger partial charge in [0, 0.05) is 28.2 Å². The average Bonchev–Trinajstić information content (AvgIpc) is 3.05. The minimum absolute atomic E-state index is 0.00623. The maximum atomic E-state index is 6.30. The van der Waals surface area contributed by atoms with Gasteiger partial charge in [-0.2, -0.15) is 9.97 Å². The first-order chi connectivity index (χ1) is 14.0. The van der Waals surface area contributed by atoms with Crippen LogP contribution in [-0.4, -0.2) is 26.5 Å². The number of aromatic nitrogens is 4. The molecule has 1 aliphatic rings. The number of anilines is 1. The highest BCUT2D eigenvalue weighted by Gasteiger charge is 2.33. The molecule has 0 amide bonds. The summed E-state index contributed by atoms with van der Waals surface area (Å²) in [6.07, 6.45) is 0.905. The number of nitrogens with one attached hydrogen (secondary N) is 1. The molecule has 4 aromatic rings. The number of halogens is 1. The molecule has 6 heteroatoms. The van der Waals surface area contributed by atoms with E-state index in [1.165, 1.54) is 27.8 Å². The first-order valence-corrected chi connectivity index (χ1v) is 10.2. The summed E-state index contributed by atoms with van der Waals surface area (Å²) in [4.78, 5) is 19.6. The quantitative estimate of drug-likeness (QED) is 0.506. The topological polar surface area (TPSA) is 57.7 Å². The van der Waals surface area contributed by atoms with Crippen LogP contribution >= 0.6 is 11.6 Å². The van der Waals surface area contributed by atoms with Crippen LogP contribution in [0.25, 0.3) is 10.9 Å². The van der Waals surface area contributed by atoms with E-state index in [9.17, 15) is 0 Å². The van der Waals surface area contributed by atoms with Crippen LogP contribution in [-0.2, 0) is 6.42 Å².